The van der Waals surface area contributed by atoms with Crippen LogP contribution in [0.1, 0.15) is 5.56 Å². The van der Waals surface area contributed by atoms with E-state index in [2.05, 4.69) is 33.0 Å². The molecule has 0 fully saturated rings. The minimum Gasteiger partial charge on any atom is -0.316 e. The van der Waals surface area contributed by atoms with E-state index in [-0.39, 0.29) is 24.8 Å². The molecule has 1 heterocycles. The molecular weight excluding hydrogens is 312 g/mol. The largest absolute Gasteiger partial charge is 0.316 e. The Morgan fingerprint density at radius 2 is 2.17 bits per heavy atom. The van der Waals surface area contributed by atoms with Crippen LogP contribution in [0, 0.1) is 3.70 Å². The molecular formula is C6H12Cl2IN3. The first kappa shape index (κ1) is 15.0. The zero-order chi connectivity index (χ0) is 7.56. The van der Waals surface area contributed by atoms with Crippen LogP contribution < -0.4 is 5.32 Å². The topological polar surface area (TPSA) is 29.9 Å². The van der Waals surface area contributed by atoms with E-state index in [0.717, 1.165) is 10.2 Å². The van der Waals surface area contributed by atoms with Gasteiger partial charge >= 0.3 is 0 Å². The van der Waals surface area contributed by atoms with E-state index >= 15 is 0 Å². The van der Waals surface area contributed by atoms with Gasteiger partial charge in [-0.05, 0) is 29.6 Å². The van der Waals surface area contributed by atoms with Crippen molar-refractivity contribution in [2.45, 2.75) is 6.54 Å². The van der Waals surface area contributed by atoms with Crippen LogP contribution in [0.25, 0.3) is 0 Å². The van der Waals surface area contributed by atoms with E-state index < -0.39 is 0 Å². The van der Waals surface area contributed by atoms with E-state index in [1.807, 2.05) is 25.0 Å². The predicted molar refractivity (Wildman–Crippen MR) is 63.2 cm³/mol. The highest BCUT2D eigenvalue weighted by atomic mass is 127. The quantitative estimate of drug-likeness (QED) is 0.838. The van der Waals surface area contributed by atoms with E-state index in [9.17, 15) is 0 Å². The van der Waals surface area contributed by atoms with Gasteiger partial charge in [0.15, 0.2) is 0 Å². The van der Waals surface area contributed by atoms with Crippen LogP contribution >= 0.6 is 47.4 Å². The van der Waals surface area contributed by atoms with Gasteiger partial charge in [0.05, 0.1) is 0 Å². The van der Waals surface area contributed by atoms with Crippen LogP contribution in [0.15, 0.2) is 6.20 Å². The summed E-state index contributed by atoms with van der Waals surface area (Å²) in [4.78, 5) is 0. The van der Waals surface area contributed by atoms with E-state index in [1.165, 1.54) is 5.56 Å². The Hall–Kier alpha value is 0.480. The van der Waals surface area contributed by atoms with Gasteiger partial charge in [0.2, 0.25) is 0 Å². The van der Waals surface area contributed by atoms with Gasteiger partial charge in [-0.3, -0.25) is 4.68 Å². The van der Waals surface area contributed by atoms with E-state index in [4.69, 9.17) is 0 Å². The molecule has 1 N–H and O–H groups in total. The van der Waals surface area contributed by atoms with Crippen molar-refractivity contribution < 1.29 is 0 Å². The monoisotopic (exact) mass is 323 g/mol. The van der Waals surface area contributed by atoms with Crippen molar-refractivity contribution in [3.63, 3.8) is 0 Å². The second-order valence-electron chi connectivity index (χ2n) is 2.15. The maximum atomic E-state index is 4.19. The molecule has 0 amide bonds. The standard InChI is InChI=1S/C6H10IN3.2ClH/c1-8-3-5-4-10(2)9-6(5)7;;/h4,8H,3H2,1-2H3;2*1H. The Morgan fingerprint density at radius 1 is 1.58 bits per heavy atom. The molecule has 0 saturated heterocycles. The molecule has 0 saturated carbocycles. The molecule has 6 heteroatoms. The lowest BCUT2D eigenvalue weighted by molar-refractivity contribution is 0.758. The summed E-state index contributed by atoms with van der Waals surface area (Å²) in [6.45, 7) is 0.895. The Balaban J connectivity index is 0. The minimum atomic E-state index is 0. The number of hydrogen-bond donors (Lipinski definition) is 1. The highest BCUT2D eigenvalue weighted by Crippen LogP contribution is 2.07. The highest BCUT2D eigenvalue weighted by Gasteiger charge is 2.00. The average Bonchev–Trinajstić information content (AvgIpc) is 2.13. The molecule has 3 nitrogen and oxygen atoms in total. The Morgan fingerprint density at radius 3 is 2.50 bits per heavy atom. The van der Waals surface area contributed by atoms with E-state index in [0.29, 0.717) is 0 Å². The molecule has 72 valence electrons. The lowest BCUT2D eigenvalue weighted by Gasteiger charge is -1.92. The number of halogens is 3. The minimum absolute atomic E-state index is 0. The summed E-state index contributed by atoms with van der Waals surface area (Å²) in [6, 6.07) is 0. The third-order valence-electron chi connectivity index (χ3n) is 1.22. The van der Waals surface area contributed by atoms with Gasteiger partial charge in [-0.1, -0.05) is 0 Å². The molecule has 1 aromatic rings. The maximum absolute atomic E-state index is 4.19. The molecule has 0 atom stereocenters. The molecule has 0 unspecified atom stereocenters. The summed E-state index contributed by atoms with van der Waals surface area (Å²) in [7, 11) is 3.87. The molecule has 0 aliphatic rings. The van der Waals surface area contributed by atoms with Gasteiger partial charge in [-0.2, -0.15) is 5.10 Å². The van der Waals surface area contributed by atoms with Crippen LogP contribution in [0.2, 0.25) is 0 Å². The first-order chi connectivity index (χ1) is 4.74. The molecule has 0 spiro atoms. The van der Waals surface area contributed by atoms with E-state index in [1.54, 1.807) is 0 Å². The van der Waals surface area contributed by atoms with Gasteiger partial charge < -0.3 is 5.32 Å². The number of nitrogens with one attached hydrogen (secondary N) is 1. The normalized spacial score (nSPS) is 8.58. The third kappa shape index (κ3) is 3.93. The van der Waals surface area contributed by atoms with Gasteiger partial charge in [0.1, 0.15) is 3.70 Å². The summed E-state index contributed by atoms with van der Waals surface area (Å²) in [5.74, 6) is 0. The first-order valence-corrected chi connectivity index (χ1v) is 4.14. The second kappa shape index (κ2) is 6.94. The molecule has 0 radical (unpaired) electrons. The zero-order valence-electron chi connectivity index (χ0n) is 6.87. The van der Waals surface area contributed by atoms with Crippen LogP contribution in [0.3, 0.4) is 0 Å². The van der Waals surface area contributed by atoms with Crippen molar-refractivity contribution >= 4 is 47.4 Å². The lowest BCUT2D eigenvalue weighted by atomic mass is 10.4. The Labute approximate surface area is 98.3 Å². The van der Waals surface area contributed by atoms with Crippen LogP contribution in [-0.4, -0.2) is 16.8 Å². The Kier molecular flexibility index (Phi) is 8.66. The fourth-order valence-electron chi connectivity index (χ4n) is 0.819. The smallest absolute Gasteiger partial charge is 0.127 e. The second-order valence-corrected chi connectivity index (χ2v) is 3.17. The SMILES string of the molecule is CNCc1cn(C)nc1I.Cl.Cl. The molecule has 0 aliphatic carbocycles. The maximum Gasteiger partial charge on any atom is 0.127 e. The molecule has 0 bridgehead atoms. The predicted octanol–water partition coefficient (Wildman–Crippen LogP) is 1.59. The molecule has 1 aromatic heterocycles. The lowest BCUT2D eigenvalue weighted by Crippen LogP contribution is -2.04. The molecule has 1 rings (SSSR count). The number of hydrogen-bond acceptors (Lipinski definition) is 2. The van der Waals surface area contributed by atoms with Crippen molar-refractivity contribution in [1.29, 1.82) is 0 Å². The fourth-order valence-corrected chi connectivity index (χ4v) is 1.49. The molecule has 0 aromatic carbocycles. The van der Waals surface area contributed by atoms with Gasteiger partial charge in [-0.15, -0.1) is 24.8 Å². The first-order valence-electron chi connectivity index (χ1n) is 3.06. The van der Waals surface area contributed by atoms with Crippen LogP contribution in [-0.2, 0) is 13.6 Å². The molecule has 12 heavy (non-hydrogen) atoms. The fraction of sp³-hybridized carbons (Fsp3) is 0.500. The average molecular weight is 324 g/mol. The zero-order valence-corrected chi connectivity index (χ0v) is 10.7. The van der Waals surface area contributed by atoms with Crippen molar-refractivity contribution in [2.24, 2.45) is 7.05 Å². The van der Waals surface area contributed by atoms with Gasteiger partial charge in [-0.25, -0.2) is 0 Å². The summed E-state index contributed by atoms with van der Waals surface area (Å²) >= 11 is 2.23. The van der Waals surface area contributed by atoms with Gasteiger partial charge in [0.25, 0.3) is 0 Å². The summed E-state index contributed by atoms with van der Waals surface area (Å²) in [5.41, 5.74) is 1.26. The Bertz CT molecular complexity index is 227. The third-order valence-corrected chi connectivity index (χ3v) is 2.13. The number of rotatable bonds is 2. The summed E-state index contributed by atoms with van der Waals surface area (Å²) < 4.78 is 2.91. The summed E-state index contributed by atoms with van der Waals surface area (Å²) in [5, 5.41) is 7.27. The van der Waals surface area contributed by atoms with Crippen molar-refractivity contribution in [3.05, 3.63) is 15.5 Å². The summed E-state index contributed by atoms with van der Waals surface area (Å²) in [6.07, 6.45) is 2.03. The number of aryl methyl sites for hydroxylation is 1. The molecule has 0 aliphatic heterocycles. The van der Waals surface area contributed by atoms with Gasteiger partial charge in [0, 0.05) is 25.4 Å². The van der Waals surface area contributed by atoms with Crippen molar-refractivity contribution in [2.75, 3.05) is 7.05 Å². The van der Waals surface area contributed by atoms with Crippen LogP contribution in [0.5, 0.6) is 0 Å². The highest BCUT2D eigenvalue weighted by molar-refractivity contribution is 14.1. The number of aromatic nitrogens is 2. The van der Waals surface area contributed by atoms with Crippen molar-refractivity contribution in [1.82, 2.24) is 15.1 Å². The van der Waals surface area contributed by atoms with Crippen LogP contribution in [0.4, 0.5) is 0 Å². The number of nitrogens with zero attached hydrogens (tertiary/aromatic N) is 2. The van der Waals surface area contributed by atoms with Crippen molar-refractivity contribution in [3.8, 4) is 0 Å².